The third kappa shape index (κ3) is 6.55. The van der Waals surface area contributed by atoms with Gasteiger partial charge in [0.25, 0.3) is 0 Å². The molecule has 0 aliphatic heterocycles. The van der Waals surface area contributed by atoms with E-state index in [1.54, 1.807) is 12.1 Å². The number of aromatic nitrogens is 3. The molecule has 2 heterocycles. The molecule has 6 aromatic rings. The lowest BCUT2D eigenvalue weighted by Crippen LogP contribution is -2.16. The molecule has 0 radical (unpaired) electrons. The summed E-state index contributed by atoms with van der Waals surface area (Å²) in [5.74, 6) is 0.364. The number of H-pyrrole nitrogens is 1. The van der Waals surface area contributed by atoms with Gasteiger partial charge in [0.2, 0.25) is 0 Å². The molecule has 0 bridgehead atoms. The molecular weight excluding hydrogens is 686 g/mol. The second-order valence-corrected chi connectivity index (χ2v) is 15.6. The Balaban J connectivity index is 1.19. The number of anilines is 4. The molecule has 2 unspecified atom stereocenters. The molecule has 1 aliphatic carbocycles. The molecular formula is C46H46FN7O. The molecule has 1 aliphatic rings. The highest BCUT2D eigenvalue weighted by atomic mass is 19.1. The number of rotatable bonds is 10. The van der Waals surface area contributed by atoms with Gasteiger partial charge in [0.05, 0.1) is 40.0 Å². The summed E-state index contributed by atoms with van der Waals surface area (Å²) in [7, 11) is 3.91. The zero-order chi connectivity index (χ0) is 39.4. The lowest BCUT2D eigenvalue weighted by molar-refractivity contribution is 0.393. The van der Waals surface area contributed by atoms with Crippen molar-refractivity contribution in [1.29, 1.82) is 10.5 Å². The summed E-state index contributed by atoms with van der Waals surface area (Å²) in [4.78, 5) is 4.02. The average Bonchev–Trinajstić information content (AvgIpc) is 3.64. The molecule has 55 heavy (non-hydrogen) atoms. The Morgan fingerprint density at radius 1 is 0.836 bits per heavy atom. The minimum absolute atomic E-state index is 0.00338. The highest BCUT2D eigenvalue weighted by Crippen LogP contribution is 2.56. The minimum atomic E-state index is -0.798. The first-order chi connectivity index (χ1) is 26.2. The predicted octanol–water partition coefficient (Wildman–Crippen LogP) is 10.8. The van der Waals surface area contributed by atoms with Crippen LogP contribution in [0.5, 0.6) is 0 Å². The monoisotopic (exact) mass is 731 g/mol. The van der Waals surface area contributed by atoms with E-state index in [-0.39, 0.29) is 11.7 Å². The third-order valence-corrected chi connectivity index (χ3v) is 11.6. The first-order valence-electron chi connectivity index (χ1n) is 18.6. The molecule has 1 saturated carbocycles. The Bertz CT molecular complexity index is 2480. The summed E-state index contributed by atoms with van der Waals surface area (Å²) >= 11 is 0. The van der Waals surface area contributed by atoms with Crippen molar-refractivity contribution in [3.05, 3.63) is 130 Å². The fourth-order valence-electron chi connectivity index (χ4n) is 8.09. The number of nitrogens with zero attached hydrogens (tertiary/aromatic N) is 6. The smallest absolute Gasteiger partial charge is 0.147 e. The summed E-state index contributed by atoms with van der Waals surface area (Å²) in [6.07, 6.45) is 1.28. The van der Waals surface area contributed by atoms with Crippen LogP contribution in [0.25, 0.3) is 22.3 Å². The summed E-state index contributed by atoms with van der Waals surface area (Å²) < 4.78 is 21.6. The third-order valence-electron chi connectivity index (χ3n) is 11.6. The van der Waals surface area contributed by atoms with Crippen LogP contribution in [0.1, 0.15) is 65.4 Å². The second-order valence-electron chi connectivity index (χ2n) is 15.6. The van der Waals surface area contributed by atoms with Gasteiger partial charge in [-0.25, -0.2) is 4.39 Å². The molecule has 278 valence electrons. The lowest BCUT2D eigenvalue weighted by Gasteiger charge is -2.25. The van der Waals surface area contributed by atoms with Crippen LogP contribution in [-0.4, -0.2) is 29.4 Å². The number of benzene rings is 4. The van der Waals surface area contributed by atoms with Crippen LogP contribution >= 0.6 is 0 Å². The summed E-state index contributed by atoms with van der Waals surface area (Å²) in [5, 5.41) is 32.0. The number of hydrogen-bond donors (Lipinski definition) is 1. The summed E-state index contributed by atoms with van der Waals surface area (Å²) in [5.41, 5.74) is 12.4. The van der Waals surface area contributed by atoms with Crippen LogP contribution in [0.4, 0.5) is 27.1 Å². The molecule has 0 spiro atoms. The van der Waals surface area contributed by atoms with Gasteiger partial charge in [-0.1, -0.05) is 47.6 Å². The molecule has 1 N–H and O–H groups in total. The zero-order valence-electron chi connectivity index (χ0n) is 33.0. The molecule has 1 fully saturated rings. The fraction of sp³-hybridized carbons (Fsp3) is 0.304. The fourth-order valence-corrected chi connectivity index (χ4v) is 8.09. The van der Waals surface area contributed by atoms with E-state index in [4.69, 9.17) is 4.52 Å². The van der Waals surface area contributed by atoms with Crippen molar-refractivity contribution >= 4 is 22.7 Å². The largest absolute Gasteiger partial charge is 0.361 e. The molecule has 7 rings (SSSR count). The Morgan fingerprint density at radius 2 is 1.53 bits per heavy atom. The van der Waals surface area contributed by atoms with E-state index in [1.807, 2.05) is 116 Å². The Morgan fingerprint density at radius 3 is 2.15 bits per heavy atom. The van der Waals surface area contributed by atoms with E-state index < -0.39 is 10.8 Å². The van der Waals surface area contributed by atoms with Crippen molar-refractivity contribution in [2.75, 3.05) is 23.9 Å². The number of nitriles is 2. The standard InChI is InChI=1S/C46H46FN7O/c1-27-10-11-34(44-30(4)52-55-31(44)5)21-41(27)54(9)40-19-16-36(23-39(40)47)46(26-49)24-37(46)20-32-12-13-33(43-28(2)50-51-29(43)3)22-42(32)53(8)38-17-14-35(15-18-38)45(6,7)25-48/h10-19,21-23,37H,20,24H2,1-9H3,(H,50,51). The zero-order valence-corrected chi connectivity index (χ0v) is 33.0. The van der Waals surface area contributed by atoms with Crippen LogP contribution in [-0.2, 0) is 17.3 Å². The van der Waals surface area contributed by atoms with Gasteiger partial charge in [-0.05, 0) is 137 Å². The second kappa shape index (κ2) is 13.9. The molecule has 4 aromatic carbocycles. The van der Waals surface area contributed by atoms with Crippen molar-refractivity contribution in [2.24, 2.45) is 5.92 Å². The first-order valence-corrected chi connectivity index (χ1v) is 18.6. The SMILES string of the molecule is Cc1ccc(-c2c(C)noc2C)cc1N(C)c1ccc(C2(C#N)CC2Cc2ccc(-c3c(C)n[nH]c3C)cc2N(C)c2ccc(C(C)(C)C#N)cc2)cc1F. The van der Waals surface area contributed by atoms with Gasteiger partial charge in [0, 0.05) is 48.0 Å². The van der Waals surface area contributed by atoms with Crippen molar-refractivity contribution in [1.82, 2.24) is 15.4 Å². The maximum atomic E-state index is 16.2. The van der Waals surface area contributed by atoms with Gasteiger partial charge in [0.15, 0.2) is 0 Å². The van der Waals surface area contributed by atoms with Crippen LogP contribution in [0.3, 0.4) is 0 Å². The number of halogens is 1. The molecule has 2 aromatic heterocycles. The van der Waals surface area contributed by atoms with Crippen LogP contribution in [0.15, 0.2) is 83.4 Å². The quantitative estimate of drug-likeness (QED) is 0.149. The summed E-state index contributed by atoms with van der Waals surface area (Å²) in [6.45, 7) is 13.7. The number of aromatic amines is 1. The normalized spacial score (nSPS) is 16.4. The summed E-state index contributed by atoms with van der Waals surface area (Å²) in [6, 6.07) is 30.9. The topological polar surface area (TPSA) is 109 Å². The van der Waals surface area contributed by atoms with Crippen molar-refractivity contribution in [3.8, 4) is 34.4 Å². The van der Waals surface area contributed by atoms with Crippen molar-refractivity contribution < 1.29 is 8.91 Å². The van der Waals surface area contributed by atoms with Crippen molar-refractivity contribution in [2.45, 2.75) is 72.1 Å². The Kier molecular flexibility index (Phi) is 9.39. The molecule has 0 saturated heterocycles. The Hall–Kier alpha value is -6.19. The maximum absolute atomic E-state index is 16.2. The van der Waals surface area contributed by atoms with E-state index in [1.165, 1.54) is 0 Å². The van der Waals surface area contributed by atoms with Gasteiger partial charge < -0.3 is 14.3 Å². The van der Waals surface area contributed by atoms with Crippen LogP contribution in [0.2, 0.25) is 0 Å². The minimum Gasteiger partial charge on any atom is -0.361 e. The van der Waals surface area contributed by atoms with Crippen LogP contribution < -0.4 is 9.80 Å². The highest BCUT2D eigenvalue weighted by Gasteiger charge is 2.56. The van der Waals surface area contributed by atoms with E-state index in [2.05, 4.69) is 50.6 Å². The molecule has 0 amide bonds. The number of hydrogen-bond acceptors (Lipinski definition) is 7. The first kappa shape index (κ1) is 37.1. The Labute approximate surface area is 322 Å². The van der Waals surface area contributed by atoms with E-state index in [9.17, 15) is 10.5 Å². The van der Waals surface area contributed by atoms with Gasteiger partial charge in [-0.15, -0.1) is 0 Å². The molecule has 9 heteroatoms. The van der Waals surface area contributed by atoms with Gasteiger partial charge in [-0.3, -0.25) is 5.10 Å². The van der Waals surface area contributed by atoms with Gasteiger partial charge in [0.1, 0.15) is 11.6 Å². The maximum Gasteiger partial charge on any atom is 0.147 e. The van der Waals surface area contributed by atoms with Gasteiger partial charge in [-0.2, -0.15) is 15.6 Å². The van der Waals surface area contributed by atoms with Crippen LogP contribution in [0, 0.1) is 69.0 Å². The highest BCUT2D eigenvalue weighted by molar-refractivity contribution is 5.78. The molecule has 8 nitrogen and oxygen atoms in total. The van der Waals surface area contributed by atoms with E-state index >= 15 is 4.39 Å². The molecule has 2 atom stereocenters. The predicted molar refractivity (Wildman–Crippen MR) is 216 cm³/mol. The average molecular weight is 732 g/mol. The van der Waals surface area contributed by atoms with Crippen molar-refractivity contribution in [3.63, 3.8) is 0 Å². The number of aryl methyl sites for hydroxylation is 5. The van der Waals surface area contributed by atoms with E-state index in [0.29, 0.717) is 24.1 Å². The van der Waals surface area contributed by atoms with Gasteiger partial charge >= 0.3 is 0 Å². The lowest BCUT2D eigenvalue weighted by atomic mass is 9.86. The number of nitrogens with one attached hydrogen (secondary N) is 1. The van der Waals surface area contributed by atoms with E-state index in [0.717, 1.165) is 78.8 Å².